The van der Waals surface area contributed by atoms with Gasteiger partial charge in [0.05, 0.1) is 18.3 Å². The van der Waals surface area contributed by atoms with Crippen molar-refractivity contribution in [3.05, 3.63) is 96.2 Å². The molecule has 0 saturated heterocycles. The van der Waals surface area contributed by atoms with Crippen molar-refractivity contribution >= 4 is 39.4 Å². The molecule has 5 aromatic rings. The quantitative estimate of drug-likeness (QED) is 0.392. The van der Waals surface area contributed by atoms with Gasteiger partial charge in [0, 0.05) is 10.9 Å². The fourth-order valence-corrected chi connectivity index (χ4v) is 3.77. The zero-order chi connectivity index (χ0) is 22.8. The molecule has 33 heavy (non-hydrogen) atoms. The third-order valence-electron chi connectivity index (χ3n) is 5.33. The Morgan fingerprint density at radius 1 is 0.879 bits per heavy atom. The van der Waals surface area contributed by atoms with E-state index in [1.807, 2.05) is 66.7 Å². The van der Waals surface area contributed by atoms with Gasteiger partial charge < -0.3 is 10.1 Å². The summed E-state index contributed by atoms with van der Waals surface area (Å²) < 4.78 is 6.63. The van der Waals surface area contributed by atoms with Gasteiger partial charge in [-0.05, 0) is 42.0 Å². The van der Waals surface area contributed by atoms with Crippen LogP contribution in [0, 0.1) is 0 Å². The number of pyridine rings is 1. The first-order valence-corrected chi connectivity index (χ1v) is 10.6. The van der Waals surface area contributed by atoms with Crippen LogP contribution < -0.4 is 5.32 Å². The number of rotatable bonds is 5. The summed E-state index contributed by atoms with van der Waals surface area (Å²) in [5, 5.41) is 9.95. The van der Waals surface area contributed by atoms with Gasteiger partial charge in [0.1, 0.15) is 5.56 Å². The number of esters is 1. The van der Waals surface area contributed by atoms with Crippen molar-refractivity contribution in [2.24, 2.45) is 0 Å². The Labute approximate surface area is 189 Å². The summed E-state index contributed by atoms with van der Waals surface area (Å²) in [6, 6.07) is 24.5. The second-order valence-electron chi connectivity index (χ2n) is 7.38. The maximum Gasteiger partial charge on any atom is 0.343 e. The third kappa shape index (κ3) is 3.80. The molecule has 2 heterocycles. The van der Waals surface area contributed by atoms with Crippen molar-refractivity contribution in [3.63, 3.8) is 0 Å². The molecule has 0 aliphatic heterocycles. The number of benzene rings is 3. The molecule has 7 heteroatoms. The van der Waals surface area contributed by atoms with E-state index < -0.39 is 5.97 Å². The highest BCUT2D eigenvalue weighted by Gasteiger charge is 2.23. The highest BCUT2D eigenvalue weighted by Crippen LogP contribution is 2.25. The first-order valence-electron chi connectivity index (χ1n) is 10.6. The largest absolute Gasteiger partial charge is 0.462 e. The van der Waals surface area contributed by atoms with E-state index in [4.69, 9.17) is 4.74 Å². The minimum atomic E-state index is -0.572. The Hall–Kier alpha value is -4.52. The maximum absolute atomic E-state index is 13.3. The van der Waals surface area contributed by atoms with Gasteiger partial charge in [-0.2, -0.15) is 9.78 Å². The summed E-state index contributed by atoms with van der Waals surface area (Å²) in [7, 11) is 0. The van der Waals surface area contributed by atoms with Crippen molar-refractivity contribution in [1.82, 2.24) is 14.8 Å². The Morgan fingerprint density at radius 3 is 2.48 bits per heavy atom. The van der Waals surface area contributed by atoms with E-state index in [9.17, 15) is 9.59 Å². The van der Waals surface area contributed by atoms with Crippen LogP contribution in [0.2, 0.25) is 0 Å². The number of anilines is 1. The van der Waals surface area contributed by atoms with E-state index in [2.05, 4.69) is 15.4 Å². The van der Waals surface area contributed by atoms with Crippen LogP contribution in [0.3, 0.4) is 0 Å². The summed E-state index contributed by atoms with van der Waals surface area (Å²) in [6.45, 7) is 1.93. The van der Waals surface area contributed by atoms with Crippen LogP contribution in [0.5, 0.6) is 0 Å². The molecule has 0 bridgehead atoms. The van der Waals surface area contributed by atoms with Gasteiger partial charge in [-0.1, -0.05) is 54.6 Å². The molecule has 0 radical (unpaired) electrons. The van der Waals surface area contributed by atoms with E-state index >= 15 is 0 Å². The lowest BCUT2D eigenvalue weighted by atomic mass is 10.0. The minimum Gasteiger partial charge on any atom is -0.462 e. The van der Waals surface area contributed by atoms with Crippen molar-refractivity contribution in [3.8, 4) is 5.82 Å². The molecule has 5 rings (SSSR count). The Kier molecular flexibility index (Phi) is 5.28. The molecule has 3 aromatic carbocycles. The van der Waals surface area contributed by atoms with Gasteiger partial charge in [-0.25, -0.2) is 9.78 Å². The van der Waals surface area contributed by atoms with Crippen LogP contribution in [0.4, 0.5) is 5.82 Å². The molecule has 2 aromatic heterocycles. The molecular weight excluding hydrogens is 416 g/mol. The predicted octanol–water partition coefficient (Wildman–Crippen LogP) is 5.00. The molecule has 0 unspecified atom stereocenters. The molecule has 0 spiro atoms. The van der Waals surface area contributed by atoms with Crippen molar-refractivity contribution in [1.29, 1.82) is 0 Å². The van der Waals surface area contributed by atoms with Crippen molar-refractivity contribution in [2.75, 3.05) is 11.9 Å². The minimum absolute atomic E-state index is 0.153. The topological polar surface area (TPSA) is 86.1 Å². The van der Waals surface area contributed by atoms with E-state index in [0.717, 1.165) is 21.7 Å². The Bertz CT molecular complexity index is 1500. The average Bonchev–Trinajstić information content (AvgIpc) is 3.27. The highest BCUT2D eigenvalue weighted by atomic mass is 16.5. The molecule has 0 saturated carbocycles. The van der Waals surface area contributed by atoms with Crippen LogP contribution in [-0.4, -0.2) is 33.2 Å². The van der Waals surface area contributed by atoms with Crippen LogP contribution in [0.25, 0.3) is 27.5 Å². The van der Waals surface area contributed by atoms with Crippen molar-refractivity contribution < 1.29 is 14.3 Å². The van der Waals surface area contributed by atoms with Crippen molar-refractivity contribution in [2.45, 2.75) is 6.92 Å². The van der Waals surface area contributed by atoms with Crippen LogP contribution in [-0.2, 0) is 4.74 Å². The monoisotopic (exact) mass is 436 g/mol. The third-order valence-corrected chi connectivity index (χ3v) is 5.33. The van der Waals surface area contributed by atoms with Gasteiger partial charge in [0.15, 0.2) is 11.6 Å². The molecule has 0 fully saturated rings. The predicted molar refractivity (Wildman–Crippen MR) is 127 cm³/mol. The Balaban J connectivity index is 1.60. The Morgan fingerprint density at radius 2 is 1.64 bits per heavy atom. The standard InChI is InChI=1S/C26H20N4O3/c1-2-33-26(32)21-16-27-30(23-15-14-18-9-4-6-13-22(18)28-23)24(21)29-25(31)20-12-7-10-17-8-3-5-11-19(17)20/h3-16H,2H2,1H3,(H,29,31). The molecule has 1 N–H and O–H groups in total. The number of nitrogens with one attached hydrogen (secondary N) is 1. The SMILES string of the molecule is CCOC(=O)c1cnn(-c2ccc3ccccc3n2)c1NC(=O)c1cccc2ccccc12. The number of carbonyl (C=O) groups is 2. The number of carbonyl (C=O) groups excluding carboxylic acids is 2. The number of amides is 1. The average molecular weight is 436 g/mol. The summed E-state index contributed by atoms with van der Waals surface area (Å²) in [5.41, 5.74) is 1.41. The second-order valence-corrected chi connectivity index (χ2v) is 7.38. The molecule has 0 aliphatic carbocycles. The van der Waals surface area contributed by atoms with Gasteiger partial charge in [0.2, 0.25) is 0 Å². The van der Waals surface area contributed by atoms with E-state index in [1.165, 1.54) is 10.9 Å². The van der Waals surface area contributed by atoms with Gasteiger partial charge >= 0.3 is 5.97 Å². The van der Waals surface area contributed by atoms with Crippen LogP contribution in [0.15, 0.2) is 85.1 Å². The number of ether oxygens (including phenoxy) is 1. The molecular formula is C26H20N4O3. The maximum atomic E-state index is 13.3. The summed E-state index contributed by atoms with van der Waals surface area (Å²) in [5.74, 6) is -0.260. The summed E-state index contributed by atoms with van der Waals surface area (Å²) in [6.07, 6.45) is 1.38. The summed E-state index contributed by atoms with van der Waals surface area (Å²) in [4.78, 5) is 30.6. The molecule has 7 nitrogen and oxygen atoms in total. The fourth-order valence-electron chi connectivity index (χ4n) is 3.77. The number of hydrogen-bond acceptors (Lipinski definition) is 5. The fraction of sp³-hybridized carbons (Fsp3) is 0.0769. The molecule has 162 valence electrons. The normalized spacial score (nSPS) is 10.9. The van der Waals surface area contributed by atoms with Gasteiger partial charge in [-0.3, -0.25) is 4.79 Å². The van der Waals surface area contributed by atoms with E-state index in [1.54, 1.807) is 19.1 Å². The first kappa shape index (κ1) is 20.4. The zero-order valence-electron chi connectivity index (χ0n) is 17.9. The highest BCUT2D eigenvalue weighted by molar-refractivity contribution is 6.14. The zero-order valence-corrected chi connectivity index (χ0v) is 17.9. The number of fused-ring (bicyclic) bond motifs is 2. The lowest BCUT2D eigenvalue weighted by molar-refractivity contribution is 0.0527. The van der Waals surface area contributed by atoms with Crippen LogP contribution >= 0.6 is 0 Å². The summed E-state index contributed by atoms with van der Waals surface area (Å²) >= 11 is 0. The lowest BCUT2D eigenvalue weighted by Gasteiger charge is -2.12. The molecule has 1 amide bonds. The lowest BCUT2D eigenvalue weighted by Crippen LogP contribution is -2.18. The van der Waals surface area contributed by atoms with E-state index in [-0.39, 0.29) is 23.9 Å². The second kappa shape index (κ2) is 8.55. The molecule has 0 atom stereocenters. The number of hydrogen-bond donors (Lipinski definition) is 1. The first-order chi connectivity index (χ1) is 16.2. The van der Waals surface area contributed by atoms with E-state index in [0.29, 0.717) is 11.4 Å². The molecule has 0 aliphatic rings. The van der Waals surface area contributed by atoms with Gasteiger partial charge in [0.25, 0.3) is 5.91 Å². The van der Waals surface area contributed by atoms with Gasteiger partial charge in [-0.15, -0.1) is 0 Å². The number of nitrogens with zero attached hydrogens (tertiary/aromatic N) is 3. The van der Waals surface area contributed by atoms with Crippen LogP contribution in [0.1, 0.15) is 27.6 Å². The smallest absolute Gasteiger partial charge is 0.343 e. The number of aromatic nitrogens is 3. The number of para-hydroxylation sites is 1.